The molecule has 5 nitrogen and oxygen atoms in total. The van der Waals surface area contributed by atoms with Gasteiger partial charge in [-0.3, -0.25) is 4.79 Å². The van der Waals surface area contributed by atoms with E-state index >= 15 is 0 Å². The maximum Gasteiger partial charge on any atom is 0.271 e. The fourth-order valence-corrected chi connectivity index (χ4v) is 2.95. The zero-order chi connectivity index (χ0) is 17.8. The molecule has 1 aliphatic carbocycles. The van der Waals surface area contributed by atoms with Crippen LogP contribution in [0.5, 0.6) is 5.75 Å². The number of halogens is 1. The van der Waals surface area contributed by atoms with Crippen LogP contribution in [-0.4, -0.2) is 17.1 Å². The first-order valence-electron chi connectivity index (χ1n) is 8.00. The number of rotatable bonds is 7. The van der Waals surface area contributed by atoms with Crippen molar-refractivity contribution in [2.45, 2.75) is 24.7 Å². The van der Waals surface area contributed by atoms with Crippen molar-refractivity contribution in [2.75, 3.05) is 6.61 Å². The number of nitrogens with one attached hydrogen (secondary N) is 2. The molecule has 2 aromatic carbocycles. The van der Waals surface area contributed by atoms with Gasteiger partial charge in [0, 0.05) is 0 Å². The maximum atomic E-state index is 14.3. The van der Waals surface area contributed by atoms with E-state index in [1.807, 2.05) is 0 Å². The highest BCUT2D eigenvalue weighted by atomic mass is 32.2. The minimum Gasteiger partial charge on any atom is -0.592 e. The summed E-state index contributed by atoms with van der Waals surface area (Å²) in [5, 5.41) is 0. The van der Waals surface area contributed by atoms with E-state index in [1.165, 1.54) is 6.07 Å². The fraction of sp³-hybridized carbons (Fsp3) is 0.278. The second-order valence-corrected chi connectivity index (χ2v) is 7.21. The number of hydrogen-bond acceptors (Lipinski definition) is 4. The number of hydrogen-bond donors (Lipinski definition) is 2. The molecule has 0 saturated heterocycles. The van der Waals surface area contributed by atoms with Gasteiger partial charge in [0.2, 0.25) is 0 Å². The van der Waals surface area contributed by atoms with Gasteiger partial charge in [-0.25, -0.2) is 9.82 Å². The Morgan fingerprint density at radius 2 is 2.04 bits per heavy atom. The Labute approximate surface area is 148 Å². The van der Waals surface area contributed by atoms with Crippen molar-refractivity contribution in [3.63, 3.8) is 0 Å². The zero-order valence-electron chi connectivity index (χ0n) is 13.8. The van der Waals surface area contributed by atoms with Crippen molar-refractivity contribution in [1.29, 1.82) is 0 Å². The summed E-state index contributed by atoms with van der Waals surface area (Å²) in [6, 6.07) is 11.5. The predicted octanol–water partition coefficient (Wildman–Crippen LogP) is 2.88. The summed E-state index contributed by atoms with van der Waals surface area (Å²) in [7, 11) is 0. The summed E-state index contributed by atoms with van der Waals surface area (Å²) >= 11 is -1.63. The molecule has 0 spiro atoms. The Morgan fingerprint density at radius 1 is 1.32 bits per heavy atom. The second-order valence-electron chi connectivity index (χ2n) is 5.99. The van der Waals surface area contributed by atoms with E-state index in [0.29, 0.717) is 28.7 Å². The van der Waals surface area contributed by atoms with Crippen LogP contribution >= 0.6 is 0 Å². The van der Waals surface area contributed by atoms with Gasteiger partial charge in [-0.2, -0.15) is 0 Å². The molecule has 7 heteroatoms. The molecule has 132 valence electrons. The van der Waals surface area contributed by atoms with Gasteiger partial charge < -0.3 is 9.29 Å². The SMILES string of the molecule is Cc1cc(OCC2CC2)cc(C(=O)NN[S+]([O-])c2ccccc2)c1F. The van der Waals surface area contributed by atoms with E-state index in [1.54, 1.807) is 43.3 Å². The van der Waals surface area contributed by atoms with E-state index < -0.39 is 23.1 Å². The molecule has 1 atom stereocenters. The largest absolute Gasteiger partial charge is 0.592 e. The maximum absolute atomic E-state index is 14.3. The Kier molecular flexibility index (Phi) is 5.57. The van der Waals surface area contributed by atoms with Gasteiger partial charge in [0.15, 0.2) is 4.90 Å². The van der Waals surface area contributed by atoms with Crippen LogP contribution in [0.15, 0.2) is 47.4 Å². The van der Waals surface area contributed by atoms with E-state index in [4.69, 9.17) is 4.74 Å². The summed E-state index contributed by atoms with van der Waals surface area (Å²) in [6.45, 7) is 2.15. The van der Waals surface area contributed by atoms with Gasteiger partial charge in [-0.1, -0.05) is 18.2 Å². The lowest BCUT2D eigenvalue weighted by Crippen LogP contribution is -2.41. The van der Waals surface area contributed by atoms with Crippen LogP contribution in [-0.2, 0) is 11.4 Å². The quantitative estimate of drug-likeness (QED) is 0.587. The van der Waals surface area contributed by atoms with Crippen molar-refractivity contribution >= 4 is 17.3 Å². The number of ether oxygens (including phenoxy) is 1. The molecule has 2 aromatic rings. The molecule has 1 amide bonds. The van der Waals surface area contributed by atoms with Gasteiger partial charge in [0.25, 0.3) is 5.91 Å². The molecular weight excluding hydrogens is 343 g/mol. The molecular formula is C18H19FN2O3S. The van der Waals surface area contributed by atoms with Crippen molar-refractivity contribution in [2.24, 2.45) is 5.92 Å². The van der Waals surface area contributed by atoms with Gasteiger partial charge in [-0.15, -0.1) is 0 Å². The third-order valence-electron chi connectivity index (χ3n) is 3.87. The smallest absolute Gasteiger partial charge is 0.271 e. The minimum atomic E-state index is -1.63. The third-order valence-corrected chi connectivity index (χ3v) is 4.86. The Bertz CT molecular complexity index is 753. The first kappa shape index (κ1) is 17.7. The molecule has 1 unspecified atom stereocenters. The summed E-state index contributed by atoms with van der Waals surface area (Å²) in [5.41, 5.74) is 2.46. The van der Waals surface area contributed by atoms with Crippen LogP contribution in [0.25, 0.3) is 0 Å². The molecule has 1 saturated carbocycles. The number of aryl methyl sites for hydroxylation is 1. The second kappa shape index (κ2) is 7.86. The highest BCUT2D eigenvalue weighted by molar-refractivity contribution is 7.89. The summed E-state index contributed by atoms with van der Waals surface area (Å²) in [6.07, 6.45) is 2.28. The van der Waals surface area contributed by atoms with Gasteiger partial charge in [0.05, 0.1) is 23.5 Å². The van der Waals surface area contributed by atoms with Gasteiger partial charge in [-0.05, 0) is 60.3 Å². The molecule has 1 fully saturated rings. The average molecular weight is 362 g/mol. The predicted molar refractivity (Wildman–Crippen MR) is 92.8 cm³/mol. The van der Waals surface area contributed by atoms with Crippen molar-refractivity contribution in [1.82, 2.24) is 10.3 Å². The Morgan fingerprint density at radius 3 is 2.72 bits per heavy atom. The lowest BCUT2D eigenvalue weighted by molar-refractivity contribution is 0.0940. The molecule has 0 bridgehead atoms. The summed E-state index contributed by atoms with van der Waals surface area (Å²) in [4.78, 5) is 15.1. The van der Waals surface area contributed by atoms with E-state index in [2.05, 4.69) is 10.3 Å². The lowest BCUT2D eigenvalue weighted by atomic mass is 10.1. The van der Waals surface area contributed by atoms with E-state index in [-0.39, 0.29) is 5.56 Å². The van der Waals surface area contributed by atoms with Crippen molar-refractivity contribution in [3.8, 4) is 5.75 Å². The van der Waals surface area contributed by atoms with Crippen LogP contribution in [0, 0.1) is 18.7 Å². The summed E-state index contributed by atoms with van der Waals surface area (Å²) < 4.78 is 31.9. The molecule has 25 heavy (non-hydrogen) atoms. The zero-order valence-corrected chi connectivity index (χ0v) is 14.6. The van der Waals surface area contributed by atoms with Crippen molar-refractivity contribution in [3.05, 3.63) is 59.4 Å². The van der Waals surface area contributed by atoms with Crippen LogP contribution in [0.3, 0.4) is 0 Å². The summed E-state index contributed by atoms with van der Waals surface area (Å²) in [5.74, 6) is -0.317. The van der Waals surface area contributed by atoms with Crippen LogP contribution < -0.4 is 15.0 Å². The van der Waals surface area contributed by atoms with E-state index in [0.717, 1.165) is 12.8 Å². The number of amides is 1. The van der Waals surface area contributed by atoms with Crippen molar-refractivity contribution < 1.29 is 18.5 Å². The molecule has 2 N–H and O–H groups in total. The molecule has 0 heterocycles. The first-order valence-corrected chi connectivity index (χ1v) is 9.15. The highest BCUT2D eigenvalue weighted by Crippen LogP contribution is 2.30. The monoisotopic (exact) mass is 362 g/mol. The number of carbonyl (C=O) groups excluding carboxylic acids is 1. The number of carbonyl (C=O) groups is 1. The molecule has 0 aromatic heterocycles. The lowest BCUT2D eigenvalue weighted by Gasteiger charge is -2.13. The standard InChI is InChI=1S/C18H19FN2O3S/c1-12-9-14(24-11-13-7-8-13)10-16(17(12)19)18(22)20-21-25(23)15-5-3-2-4-6-15/h2-6,9-10,13,21H,7-8,11H2,1H3,(H,20,22). The Hall–Kier alpha value is -2.09. The number of benzene rings is 2. The highest BCUT2D eigenvalue weighted by Gasteiger charge is 2.23. The average Bonchev–Trinajstić information content (AvgIpc) is 3.45. The number of hydrazine groups is 1. The molecule has 0 aliphatic heterocycles. The van der Waals surface area contributed by atoms with Crippen LogP contribution in [0.2, 0.25) is 0 Å². The van der Waals surface area contributed by atoms with Crippen LogP contribution in [0.1, 0.15) is 28.8 Å². The topological polar surface area (TPSA) is 73.4 Å². The normalized spacial score (nSPS) is 14.8. The first-order chi connectivity index (χ1) is 12.0. The fourth-order valence-electron chi connectivity index (χ4n) is 2.25. The molecule has 3 rings (SSSR count). The van der Waals surface area contributed by atoms with Gasteiger partial charge in [0.1, 0.15) is 11.6 Å². The van der Waals surface area contributed by atoms with Crippen LogP contribution in [0.4, 0.5) is 4.39 Å². The Balaban J connectivity index is 1.65. The third kappa shape index (κ3) is 4.72. The molecule has 1 aliphatic rings. The van der Waals surface area contributed by atoms with E-state index in [9.17, 15) is 13.7 Å². The van der Waals surface area contributed by atoms with Gasteiger partial charge >= 0.3 is 0 Å². The minimum absolute atomic E-state index is 0.150. The molecule has 0 radical (unpaired) electrons.